The third-order valence-electron chi connectivity index (χ3n) is 4.01. The molecule has 1 aliphatic heterocycles. The highest BCUT2D eigenvalue weighted by atomic mass is 35.5. The van der Waals surface area contributed by atoms with Gasteiger partial charge in [0.25, 0.3) is 0 Å². The Morgan fingerprint density at radius 3 is 2.92 bits per heavy atom. The number of anilines is 1. The number of para-hydroxylation sites is 1. The SMILES string of the molecule is O=C(NCCSCc1cccs1)C1CC(=O)N(c2ccccc2Cl)C1. The van der Waals surface area contributed by atoms with Crippen LogP contribution < -0.4 is 10.2 Å². The van der Waals surface area contributed by atoms with E-state index in [9.17, 15) is 9.59 Å². The Morgan fingerprint density at radius 2 is 2.16 bits per heavy atom. The number of thioether (sulfide) groups is 1. The van der Waals surface area contributed by atoms with Crippen molar-refractivity contribution in [3.05, 3.63) is 51.7 Å². The summed E-state index contributed by atoms with van der Waals surface area (Å²) in [4.78, 5) is 27.5. The summed E-state index contributed by atoms with van der Waals surface area (Å²) in [6.45, 7) is 1.00. The molecule has 1 aliphatic rings. The molecule has 2 heterocycles. The third kappa shape index (κ3) is 4.77. The lowest BCUT2D eigenvalue weighted by molar-refractivity contribution is -0.126. The lowest BCUT2D eigenvalue weighted by atomic mass is 10.1. The third-order valence-corrected chi connectivity index (χ3v) is 6.40. The van der Waals surface area contributed by atoms with E-state index in [1.54, 1.807) is 34.1 Å². The predicted octanol–water partition coefficient (Wildman–Crippen LogP) is 3.80. The number of carbonyl (C=O) groups excluding carboxylic acids is 2. The highest BCUT2D eigenvalue weighted by molar-refractivity contribution is 7.98. The number of thiophene rings is 1. The molecule has 0 spiro atoms. The molecule has 132 valence electrons. The molecule has 0 radical (unpaired) electrons. The van der Waals surface area contributed by atoms with Gasteiger partial charge in [-0.25, -0.2) is 0 Å². The van der Waals surface area contributed by atoms with Gasteiger partial charge in [0, 0.05) is 35.9 Å². The molecule has 1 atom stereocenters. The van der Waals surface area contributed by atoms with Crippen molar-refractivity contribution in [3.8, 4) is 0 Å². The highest BCUT2D eigenvalue weighted by Gasteiger charge is 2.35. The van der Waals surface area contributed by atoms with Crippen LogP contribution in [0.1, 0.15) is 11.3 Å². The molecule has 2 aromatic rings. The smallest absolute Gasteiger partial charge is 0.227 e. The van der Waals surface area contributed by atoms with Crippen molar-refractivity contribution in [2.75, 3.05) is 23.7 Å². The minimum absolute atomic E-state index is 0.0553. The Balaban J connectivity index is 1.44. The van der Waals surface area contributed by atoms with Gasteiger partial charge < -0.3 is 10.2 Å². The van der Waals surface area contributed by atoms with E-state index in [2.05, 4.69) is 16.8 Å². The van der Waals surface area contributed by atoms with Gasteiger partial charge >= 0.3 is 0 Å². The van der Waals surface area contributed by atoms with Crippen LogP contribution >= 0.6 is 34.7 Å². The number of amides is 2. The Bertz CT molecular complexity index is 736. The first kappa shape index (κ1) is 18.3. The molecule has 1 unspecified atom stereocenters. The fraction of sp³-hybridized carbons (Fsp3) is 0.333. The number of benzene rings is 1. The minimum atomic E-state index is -0.314. The molecule has 4 nitrogen and oxygen atoms in total. The van der Waals surface area contributed by atoms with E-state index in [0.717, 1.165) is 11.5 Å². The first-order valence-electron chi connectivity index (χ1n) is 8.08. The highest BCUT2D eigenvalue weighted by Crippen LogP contribution is 2.31. The summed E-state index contributed by atoms with van der Waals surface area (Å²) in [6, 6.07) is 11.4. The van der Waals surface area contributed by atoms with E-state index in [-0.39, 0.29) is 24.2 Å². The number of hydrogen-bond acceptors (Lipinski definition) is 4. The number of nitrogens with zero attached hydrogens (tertiary/aromatic N) is 1. The zero-order chi connectivity index (χ0) is 17.6. The zero-order valence-electron chi connectivity index (χ0n) is 13.6. The van der Waals surface area contributed by atoms with Gasteiger partial charge in [-0.3, -0.25) is 9.59 Å². The zero-order valence-corrected chi connectivity index (χ0v) is 16.0. The molecule has 3 rings (SSSR count). The van der Waals surface area contributed by atoms with Crippen molar-refractivity contribution in [2.24, 2.45) is 5.92 Å². The number of halogens is 1. The summed E-state index contributed by atoms with van der Waals surface area (Å²) in [5.74, 6) is 1.40. The minimum Gasteiger partial charge on any atom is -0.355 e. The molecule has 1 N–H and O–H groups in total. The molecule has 1 saturated heterocycles. The van der Waals surface area contributed by atoms with E-state index in [1.165, 1.54) is 4.88 Å². The summed E-state index contributed by atoms with van der Waals surface area (Å²) in [6.07, 6.45) is 0.236. The maximum atomic E-state index is 12.3. The first-order valence-corrected chi connectivity index (χ1v) is 10.5. The summed E-state index contributed by atoms with van der Waals surface area (Å²) in [5.41, 5.74) is 0.677. The van der Waals surface area contributed by atoms with Crippen LogP contribution in [0.3, 0.4) is 0 Å². The van der Waals surface area contributed by atoms with Gasteiger partial charge in [-0.1, -0.05) is 29.8 Å². The Labute approximate surface area is 160 Å². The van der Waals surface area contributed by atoms with Gasteiger partial charge in [-0.2, -0.15) is 11.8 Å². The van der Waals surface area contributed by atoms with E-state index in [1.807, 2.05) is 24.3 Å². The van der Waals surface area contributed by atoms with E-state index in [0.29, 0.717) is 23.8 Å². The fourth-order valence-corrected chi connectivity index (χ4v) is 4.68. The van der Waals surface area contributed by atoms with Gasteiger partial charge in [0.2, 0.25) is 11.8 Å². The molecule has 0 saturated carbocycles. The van der Waals surface area contributed by atoms with Gasteiger partial charge in [0.05, 0.1) is 16.6 Å². The lowest BCUT2D eigenvalue weighted by Crippen LogP contribution is -2.34. The lowest BCUT2D eigenvalue weighted by Gasteiger charge is -2.18. The van der Waals surface area contributed by atoms with Crippen LogP contribution in [0.2, 0.25) is 5.02 Å². The number of hydrogen-bond donors (Lipinski definition) is 1. The monoisotopic (exact) mass is 394 g/mol. The van der Waals surface area contributed by atoms with Crippen LogP contribution in [0.5, 0.6) is 0 Å². The van der Waals surface area contributed by atoms with Crippen molar-refractivity contribution in [1.82, 2.24) is 5.32 Å². The molecular formula is C18H19ClN2O2S2. The normalized spacial score (nSPS) is 17.1. The van der Waals surface area contributed by atoms with Gasteiger partial charge in [-0.15, -0.1) is 11.3 Å². The van der Waals surface area contributed by atoms with Gasteiger partial charge in [-0.05, 0) is 23.6 Å². The molecule has 0 aliphatic carbocycles. The second kappa shape index (κ2) is 8.74. The number of rotatable bonds is 7. The van der Waals surface area contributed by atoms with Crippen molar-refractivity contribution < 1.29 is 9.59 Å². The van der Waals surface area contributed by atoms with Crippen molar-refractivity contribution in [2.45, 2.75) is 12.2 Å². The Kier molecular flexibility index (Phi) is 6.39. The molecule has 2 amide bonds. The largest absolute Gasteiger partial charge is 0.355 e. The summed E-state index contributed by atoms with van der Waals surface area (Å²) < 4.78 is 0. The standard InChI is InChI=1S/C18H19ClN2O2S2/c19-15-5-1-2-6-16(15)21-11-13(10-17(21)22)18(23)20-7-9-24-12-14-4-3-8-25-14/h1-6,8,13H,7,9-12H2,(H,20,23). The van der Waals surface area contributed by atoms with Crippen molar-refractivity contribution in [1.29, 1.82) is 0 Å². The Morgan fingerprint density at radius 1 is 1.32 bits per heavy atom. The van der Waals surface area contributed by atoms with Crippen LogP contribution in [-0.2, 0) is 15.3 Å². The van der Waals surface area contributed by atoms with Crippen LogP contribution in [-0.4, -0.2) is 30.7 Å². The molecule has 1 aromatic carbocycles. The topological polar surface area (TPSA) is 49.4 Å². The summed E-state index contributed by atoms with van der Waals surface area (Å²) in [7, 11) is 0. The van der Waals surface area contributed by atoms with Gasteiger partial charge in [0.1, 0.15) is 0 Å². The van der Waals surface area contributed by atoms with Crippen LogP contribution in [0.25, 0.3) is 0 Å². The van der Waals surface area contributed by atoms with Crippen molar-refractivity contribution >= 4 is 52.2 Å². The molecule has 1 aromatic heterocycles. The fourth-order valence-electron chi connectivity index (χ4n) is 2.74. The summed E-state index contributed by atoms with van der Waals surface area (Å²) in [5, 5.41) is 5.54. The quantitative estimate of drug-likeness (QED) is 0.726. The van der Waals surface area contributed by atoms with Crippen LogP contribution in [0.4, 0.5) is 5.69 Å². The van der Waals surface area contributed by atoms with Crippen LogP contribution in [0, 0.1) is 5.92 Å². The van der Waals surface area contributed by atoms with E-state index < -0.39 is 0 Å². The van der Waals surface area contributed by atoms with Crippen LogP contribution in [0.15, 0.2) is 41.8 Å². The number of carbonyl (C=O) groups is 2. The molecule has 7 heteroatoms. The molecular weight excluding hydrogens is 376 g/mol. The average molecular weight is 395 g/mol. The molecule has 0 bridgehead atoms. The van der Waals surface area contributed by atoms with Gasteiger partial charge in [0.15, 0.2) is 0 Å². The van der Waals surface area contributed by atoms with E-state index in [4.69, 9.17) is 11.6 Å². The Hall–Kier alpha value is -1.50. The maximum Gasteiger partial charge on any atom is 0.227 e. The average Bonchev–Trinajstić information content (AvgIpc) is 3.25. The number of nitrogens with one attached hydrogen (secondary N) is 1. The maximum absolute atomic E-state index is 12.3. The first-order chi connectivity index (χ1) is 12.1. The molecule has 25 heavy (non-hydrogen) atoms. The predicted molar refractivity (Wildman–Crippen MR) is 105 cm³/mol. The molecule has 1 fully saturated rings. The second-order valence-electron chi connectivity index (χ2n) is 5.78. The second-order valence-corrected chi connectivity index (χ2v) is 8.32. The summed E-state index contributed by atoms with van der Waals surface area (Å²) >= 11 is 9.70. The van der Waals surface area contributed by atoms with Crippen molar-refractivity contribution in [3.63, 3.8) is 0 Å². The van der Waals surface area contributed by atoms with E-state index >= 15 is 0 Å².